The molecule has 0 unspecified atom stereocenters. The molecular formula is C15H12N2O2. The number of nitrogens with one attached hydrogen (secondary N) is 1. The Morgan fingerprint density at radius 3 is 2.58 bits per heavy atom. The molecule has 0 spiro atoms. The highest BCUT2D eigenvalue weighted by molar-refractivity contribution is 6.04. The molecule has 0 atom stereocenters. The predicted octanol–water partition coefficient (Wildman–Crippen LogP) is 2.30. The highest BCUT2D eigenvalue weighted by Gasteiger charge is 2.06. The first kappa shape index (κ1) is 12.8. The third-order valence-electron chi connectivity index (χ3n) is 2.65. The summed E-state index contributed by atoms with van der Waals surface area (Å²) in [5, 5.41) is 20.4. The molecule has 0 saturated carbocycles. The Kier molecular flexibility index (Phi) is 3.91. The highest BCUT2D eigenvalue weighted by Crippen LogP contribution is 2.12. The van der Waals surface area contributed by atoms with Crippen molar-refractivity contribution in [3.8, 4) is 6.07 Å². The van der Waals surface area contributed by atoms with Gasteiger partial charge in [0.15, 0.2) is 0 Å². The second kappa shape index (κ2) is 5.80. The van der Waals surface area contributed by atoms with E-state index in [4.69, 9.17) is 10.4 Å². The van der Waals surface area contributed by atoms with Crippen LogP contribution in [0.1, 0.15) is 21.5 Å². The van der Waals surface area contributed by atoms with Gasteiger partial charge in [-0.1, -0.05) is 18.2 Å². The maximum absolute atomic E-state index is 12.0. The number of carbonyl (C=O) groups excluding carboxylic acids is 1. The Morgan fingerprint density at radius 1 is 1.21 bits per heavy atom. The van der Waals surface area contributed by atoms with Crippen LogP contribution in [0.5, 0.6) is 0 Å². The maximum atomic E-state index is 12.0. The number of aliphatic hydroxyl groups is 1. The van der Waals surface area contributed by atoms with Gasteiger partial charge in [-0.15, -0.1) is 0 Å². The molecule has 0 radical (unpaired) electrons. The average Bonchev–Trinajstić information content (AvgIpc) is 2.48. The van der Waals surface area contributed by atoms with Gasteiger partial charge in [-0.05, 0) is 35.9 Å². The third-order valence-corrected chi connectivity index (χ3v) is 2.65. The Bertz CT molecular complexity index is 627. The second-order valence-electron chi connectivity index (χ2n) is 4.00. The molecule has 4 nitrogen and oxygen atoms in total. The van der Waals surface area contributed by atoms with Crippen LogP contribution < -0.4 is 5.32 Å². The largest absolute Gasteiger partial charge is 0.392 e. The van der Waals surface area contributed by atoms with Crippen LogP contribution in [0.3, 0.4) is 0 Å². The average molecular weight is 252 g/mol. The number of hydrogen-bond donors (Lipinski definition) is 2. The van der Waals surface area contributed by atoms with Crippen LogP contribution in [-0.2, 0) is 6.61 Å². The minimum Gasteiger partial charge on any atom is -0.392 e. The highest BCUT2D eigenvalue weighted by atomic mass is 16.3. The van der Waals surface area contributed by atoms with Gasteiger partial charge >= 0.3 is 0 Å². The minimum absolute atomic E-state index is 0.0293. The summed E-state index contributed by atoms with van der Waals surface area (Å²) in [6.07, 6.45) is 0. The van der Waals surface area contributed by atoms with Gasteiger partial charge in [-0.25, -0.2) is 0 Å². The number of nitriles is 1. The first-order chi connectivity index (χ1) is 9.22. The summed E-state index contributed by atoms with van der Waals surface area (Å²) in [7, 11) is 0. The Hall–Kier alpha value is -2.64. The van der Waals surface area contributed by atoms with E-state index in [1.807, 2.05) is 6.07 Å². The van der Waals surface area contributed by atoms with Crippen LogP contribution in [0.15, 0.2) is 48.5 Å². The van der Waals surface area contributed by atoms with Crippen LogP contribution in [0, 0.1) is 11.3 Å². The van der Waals surface area contributed by atoms with Crippen molar-refractivity contribution in [1.29, 1.82) is 5.26 Å². The number of benzene rings is 2. The third kappa shape index (κ3) is 3.18. The lowest BCUT2D eigenvalue weighted by Crippen LogP contribution is -2.11. The molecule has 0 aliphatic rings. The molecule has 2 rings (SSSR count). The summed E-state index contributed by atoms with van der Waals surface area (Å²) in [4.78, 5) is 12.0. The predicted molar refractivity (Wildman–Crippen MR) is 71.5 cm³/mol. The zero-order chi connectivity index (χ0) is 13.7. The summed E-state index contributed by atoms with van der Waals surface area (Å²) in [6.45, 7) is -0.0293. The van der Waals surface area contributed by atoms with Gasteiger partial charge < -0.3 is 10.4 Å². The van der Waals surface area contributed by atoms with E-state index in [2.05, 4.69) is 5.32 Å². The van der Waals surface area contributed by atoms with E-state index < -0.39 is 0 Å². The van der Waals surface area contributed by atoms with E-state index in [1.165, 1.54) is 6.07 Å². The fourth-order valence-corrected chi connectivity index (χ4v) is 1.63. The lowest BCUT2D eigenvalue weighted by Gasteiger charge is -2.06. The zero-order valence-corrected chi connectivity index (χ0v) is 10.1. The van der Waals surface area contributed by atoms with Gasteiger partial charge in [0.05, 0.1) is 18.2 Å². The fraction of sp³-hybridized carbons (Fsp3) is 0.0667. The van der Waals surface area contributed by atoms with Crippen molar-refractivity contribution >= 4 is 11.6 Å². The number of carbonyl (C=O) groups is 1. The molecule has 0 saturated heterocycles. The van der Waals surface area contributed by atoms with Crippen LogP contribution in [0.4, 0.5) is 5.69 Å². The van der Waals surface area contributed by atoms with Crippen molar-refractivity contribution in [3.63, 3.8) is 0 Å². The van der Waals surface area contributed by atoms with Crippen LogP contribution in [0.25, 0.3) is 0 Å². The fourth-order valence-electron chi connectivity index (χ4n) is 1.63. The van der Waals surface area contributed by atoms with E-state index in [0.29, 0.717) is 16.8 Å². The summed E-state index contributed by atoms with van der Waals surface area (Å²) < 4.78 is 0. The number of nitrogens with zero attached hydrogens (tertiary/aromatic N) is 1. The molecule has 1 amide bonds. The van der Waals surface area contributed by atoms with Crippen molar-refractivity contribution in [2.75, 3.05) is 5.32 Å². The number of rotatable bonds is 3. The second-order valence-corrected chi connectivity index (χ2v) is 4.00. The molecule has 0 bridgehead atoms. The summed E-state index contributed by atoms with van der Waals surface area (Å²) in [5.74, 6) is -0.270. The van der Waals surface area contributed by atoms with Gasteiger partial charge in [-0.2, -0.15) is 5.26 Å². The molecule has 0 fully saturated rings. The number of amides is 1. The summed E-state index contributed by atoms with van der Waals surface area (Å²) >= 11 is 0. The monoisotopic (exact) mass is 252 g/mol. The zero-order valence-electron chi connectivity index (χ0n) is 10.1. The van der Waals surface area contributed by atoms with E-state index in [-0.39, 0.29) is 12.5 Å². The van der Waals surface area contributed by atoms with Crippen molar-refractivity contribution in [3.05, 3.63) is 65.2 Å². The molecule has 0 aromatic heterocycles. The summed E-state index contributed by atoms with van der Waals surface area (Å²) in [6, 6.07) is 15.4. The molecule has 0 aliphatic carbocycles. The maximum Gasteiger partial charge on any atom is 0.255 e. The molecule has 0 heterocycles. The standard InChI is InChI=1S/C15H12N2O2/c16-9-12-2-1-3-13(8-12)15(19)17-14-6-4-11(10-18)5-7-14/h1-8,18H,10H2,(H,17,19). The number of aliphatic hydroxyl groups excluding tert-OH is 1. The lowest BCUT2D eigenvalue weighted by molar-refractivity contribution is 0.102. The van der Waals surface area contributed by atoms with Crippen molar-refractivity contribution in [2.45, 2.75) is 6.61 Å². The first-order valence-electron chi connectivity index (χ1n) is 5.74. The first-order valence-corrected chi connectivity index (χ1v) is 5.74. The van der Waals surface area contributed by atoms with Gasteiger partial charge in [0.1, 0.15) is 0 Å². The molecule has 2 aromatic carbocycles. The Morgan fingerprint density at radius 2 is 1.95 bits per heavy atom. The van der Waals surface area contributed by atoms with Crippen molar-refractivity contribution < 1.29 is 9.90 Å². The lowest BCUT2D eigenvalue weighted by atomic mass is 10.1. The van der Waals surface area contributed by atoms with E-state index in [1.54, 1.807) is 42.5 Å². The molecule has 4 heteroatoms. The molecular weight excluding hydrogens is 240 g/mol. The van der Waals surface area contributed by atoms with Gasteiger partial charge in [0.2, 0.25) is 0 Å². The van der Waals surface area contributed by atoms with Crippen LogP contribution in [0.2, 0.25) is 0 Å². The van der Waals surface area contributed by atoms with Crippen molar-refractivity contribution in [1.82, 2.24) is 0 Å². The SMILES string of the molecule is N#Cc1cccc(C(=O)Nc2ccc(CO)cc2)c1. The Balaban J connectivity index is 2.13. The van der Waals surface area contributed by atoms with Gasteiger partial charge in [0.25, 0.3) is 5.91 Å². The smallest absolute Gasteiger partial charge is 0.255 e. The number of anilines is 1. The normalized spacial score (nSPS) is 9.68. The molecule has 0 aliphatic heterocycles. The van der Waals surface area contributed by atoms with Crippen molar-refractivity contribution in [2.24, 2.45) is 0 Å². The van der Waals surface area contributed by atoms with Crippen LogP contribution in [-0.4, -0.2) is 11.0 Å². The Labute approximate surface area is 110 Å². The molecule has 2 N–H and O–H groups in total. The molecule has 2 aromatic rings. The van der Waals surface area contributed by atoms with Crippen LogP contribution >= 0.6 is 0 Å². The van der Waals surface area contributed by atoms with Gasteiger partial charge in [0, 0.05) is 11.3 Å². The summed E-state index contributed by atoms with van der Waals surface area (Å²) in [5.41, 5.74) is 2.31. The molecule has 19 heavy (non-hydrogen) atoms. The number of hydrogen-bond acceptors (Lipinski definition) is 3. The minimum atomic E-state index is -0.270. The molecule has 94 valence electrons. The van der Waals surface area contributed by atoms with E-state index >= 15 is 0 Å². The van der Waals surface area contributed by atoms with E-state index in [9.17, 15) is 4.79 Å². The quantitative estimate of drug-likeness (QED) is 0.880. The topological polar surface area (TPSA) is 73.1 Å². The van der Waals surface area contributed by atoms with Gasteiger partial charge in [-0.3, -0.25) is 4.79 Å². The van der Waals surface area contributed by atoms with E-state index in [0.717, 1.165) is 5.56 Å².